The summed E-state index contributed by atoms with van der Waals surface area (Å²) in [5.41, 5.74) is -0.244. The monoisotopic (exact) mass is 709 g/mol. The number of nitrogens with zero attached hydrogens (tertiary/aromatic N) is 5. The summed E-state index contributed by atoms with van der Waals surface area (Å²) >= 11 is 21.5. The van der Waals surface area contributed by atoms with Crippen LogP contribution in [0.5, 0.6) is 0 Å². The van der Waals surface area contributed by atoms with E-state index in [1.807, 2.05) is 24.3 Å². The van der Waals surface area contributed by atoms with Crippen molar-refractivity contribution >= 4 is 88.3 Å². The third-order valence-electron chi connectivity index (χ3n) is 6.97. The SMILES string of the molecule is CC1(Cc2ccc(Br)cc2)C(=O)N(c2cc(Cl)cc(Cl)c2)c2ncc(S(=O)(=O)N3CCN(S(=O)(=O)CCl)CC3)n21. The molecule has 3 heterocycles. The van der Waals surface area contributed by atoms with Gasteiger partial charge in [0.25, 0.3) is 15.9 Å². The van der Waals surface area contributed by atoms with E-state index in [2.05, 4.69) is 20.9 Å². The number of aromatic nitrogens is 2. The number of piperazine rings is 1. The van der Waals surface area contributed by atoms with Gasteiger partial charge in [-0.2, -0.15) is 8.61 Å². The summed E-state index contributed by atoms with van der Waals surface area (Å²) in [7, 11) is -7.87. The van der Waals surface area contributed by atoms with Crippen LogP contribution in [-0.4, -0.2) is 72.3 Å². The quantitative estimate of drug-likeness (QED) is 0.336. The van der Waals surface area contributed by atoms with Gasteiger partial charge in [0.1, 0.15) is 10.8 Å². The van der Waals surface area contributed by atoms with Crippen molar-refractivity contribution in [2.45, 2.75) is 23.9 Å². The molecule has 1 saturated heterocycles. The van der Waals surface area contributed by atoms with E-state index in [4.69, 9.17) is 34.8 Å². The van der Waals surface area contributed by atoms with Crippen molar-refractivity contribution in [1.82, 2.24) is 18.2 Å². The van der Waals surface area contributed by atoms with Gasteiger partial charge in [-0.15, -0.1) is 11.6 Å². The maximum Gasteiger partial charge on any atom is 0.260 e. The highest BCUT2D eigenvalue weighted by Crippen LogP contribution is 2.45. The average Bonchev–Trinajstić information content (AvgIpc) is 3.43. The van der Waals surface area contributed by atoms with Crippen LogP contribution in [0.2, 0.25) is 10.0 Å². The van der Waals surface area contributed by atoms with Crippen LogP contribution in [0.1, 0.15) is 12.5 Å². The van der Waals surface area contributed by atoms with E-state index in [9.17, 15) is 21.6 Å². The molecule has 10 nitrogen and oxygen atoms in total. The van der Waals surface area contributed by atoms with Crippen molar-refractivity contribution in [3.8, 4) is 0 Å². The first-order valence-electron chi connectivity index (χ1n) is 12.0. The Hall–Kier alpha value is -1.71. The molecule has 0 radical (unpaired) electrons. The number of anilines is 2. The van der Waals surface area contributed by atoms with Gasteiger partial charge >= 0.3 is 0 Å². The van der Waals surface area contributed by atoms with E-state index in [1.54, 1.807) is 19.1 Å². The maximum absolute atomic E-state index is 14.2. The summed E-state index contributed by atoms with van der Waals surface area (Å²) in [6, 6.07) is 12.0. The van der Waals surface area contributed by atoms with Crippen molar-refractivity contribution in [3.05, 3.63) is 68.7 Å². The molecule has 1 aromatic heterocycles. The Morgan fingerprint density at radius 2 is 1.52 bits per heavy atom. The van der Waals surface area contributed by atoms with Gasteiger partial charge in [-0.3, -0.25) is 9.36 Å². The molecular weight excluding hydrogens is 689 g/mol. The molecule has 2 aromatic carbocycles. The second-order valence-electron chi connectivity index (χ2n) is 9.60. The number of amides is 1. The lowest BCUT2D eigenvalue weighted by Crippen LogP contribution is -2.51. The summed E-state index contributed by atoms with van der Waals surface area (Å²) in [5.74, 6) is -0.309. The van der Waals surface area contributed by atoms with Crippen molar-refractivity contribution in [1.29, 1.82) is 0 Å². The van der Waals surface area contributed by atoms with E-state index in [-0.39, 0.29) is 43.6 Å². The Morgan fingerprint density at radius 3 is 2.10 bits per heavy atom. The standard InChI is InChI=1S/C24H23BrCl3N5O5S2/c1-24(13-16-2-4-17(25)5-3-16)22(34)32(20-11-18(27)10-19(28)12-20)23-29-14-21(33(23)24)40(37,38)31-8-6-30(7-9-31)39(35,36)15-26/h2-5,10-12,14H,6-9,13,15H2,1H3. The van der Waals surface area contributed by atoms with Crippen LogP contribution < -0.4 is 4.90 Å². The number of alkyl halides is 1. The fourth-order valence-corrected chi connectivity index (χ4v) is 8.66. The van der Waals surface area contributed by atoms with Crippen LogP contribution in [0.25, 0.3) is 0 Å². The zero-order valence-corrected chi connectivity index (χ0v) is 26.5. The minimum Gasteiger partial charge on any atom is -0.284 e. The fraction of sp³-hybridized carbons (Fsp3) is 0.333. The van der Waals surface area contributed by atoms with E-state index < -0.39 is 36.7 Å². The molecule has 40 heavy (non-hydrogen) atoms. The first-order valence-corrected chi connectivity index (χ1v) is 17.1. The Balaban J connectivity index is 1.60. The summed E-state index contributed by atoms with van der Waals surface area (Å²) in [5, 5.41) is -0.171. The lowest BCUT2D eigenvalue weighted by Gasteiger charge is -2.33. The number of halogens is 4. The summed E-state index contributed by atoms with van der Waals surface area (Å²) < 4.78 is 56.9. The maximum atomic E-state index is 14.2. The van der Waals surface area contributed by atoms with Crippen LogP contribution >= 0.6 is 50.7 Å². The molecule has 1 fully saturated rings. The molecule has 16 heteroatoms. The molecule has 0 N–H and O–H groups in total. The van der Waals surface area contributed by atoms with Gasteiger partial charge in [0.15, 0.2) is 5.03 Å². The van der Waals surface area contributed by atoms with Crippen LogP contribution in [0.3, 0.4) is 0 Å². The number of hydrogen-bond donors (Lipinski definition) is 0. The topological polar surface area (TPSA) is 113 Å². The van der Waals surface area contributed by atoms with Crippen molar-refractivity contribution in [2.24, 2.45) is 0 Å². The second kappa shape index (κ2) is 10.8. The largest absolute Gasteiger partial charge is 0.284 e. The first-order chi connectivity index (χ1) is 18.8. The molecule has 0 bridgehead atoms. The lowest BCUT2D eigenvalue weighted by atomic mass is 9.92. The van der Waals surface area contributed by atoms with Gasteiger partial charge in [0.05, 0.1) is 11.9 Å². The zero-order valence-electron chi connectivity index (χ0n) is 21.0. The molecular formula is C24H23BrCl3N5O5S2. The molecule has 1 unspecified atom stereocenters. The summed E-state index contributed by atoms with van der Waals surface area (Å²) in [6.07, 6.45) is 1.38. The fourth-order valence-electron chi connectivity index (χ4n) is 5.00. The average molecular weight is 712 g/mol. The summed E-state index contributed by atoms with van der Waals surface area (Å²) in [4.78, 5) is 19.9. The number of imidazole rings is 1. The Morgan fingerprint density at radius 1 is 0.950 bits per heavy atom. The van der Waals surface area contributed by atoms with Crippen LogP contribution in [-0.2, 0) is 36.8 Å². The molecule has 5 rings (SSSR count). The van der Waals surface area contributed by atoms with E-state index in [0.717, 1.165) is 10.0 Å². The predicted octanol–water partition coefficient (Wildman–Crippen LogP) is 4.42. The zero-order chi connectivity index (χ0) is 29.0. The van der Waals surface area contributed by atoms with E-state index in [1.165, 1.54) is 30.3 Å². The Labute approximate surface area is 255 Å². The minimum atomic E-state index is -4.19. The molecule has 0 spiro atoms. The van der Waals surface area contributed by atoms with E-state index >= 15 is 0 Å². The molecule has 2 aliphatic rings. The van der Waals surface area contributed by atoms with Gasteiger partial charge < -0.3 is 0 Å². The number of benzene rings is 2. The van der Waals surface area contributed by atoms with Gasteiger partial charge in [-0.1, -0.05) is 51.3 Å². The predicted molar refractivity (Wildman–Crippen MR) is 157 cm³/mol. The highest BCUT2D eigenvalue weighted by atomic mass is 79.9. The van der Waals surface area contributed by atoms with Crippen LogP contribution in [0, 0.1) is 0 Å². The number of fused-ring (bicyclic) bond motifs is 1. The Kier molecular flexibility index (Phi) is 8.07. The molecule has 0 saturated carbocycles. The first kappa shape index (κ1) is 29.8. The van der Waals surface area contributed by atoms with Gasteiger partial charge in [0.2, 0.25) is 16.0 Å². The molecule has 3 aromatic rings. The minimum absolute atomic E-state index is 0.0441. The molecule has 1 amide bonds. The van der Waals surface area contributed by atoms with Crippen LogP contribution in [0.4, 0.5) is 11.6 Å². The van der Waals surface area contributed by atoms with Crippen molar-refractivity contribution in [2.75, 3.05) is 36.3 Å². The van der Waals surface area contributed by atoms with E-state index in [0.29, 0.717) is 15.7 Å². The van der Waals surface area contributed by atoms with Gasteiger partial charge in [-0.25, -0.2) is 26.7 Å². The van der Waals surface area contributed by atoms with Crippen LogP contribution in [0.15, 0.2) is 58.2 Å². The lowest BCUT2D eigenvalue weighted by molar-refractivity contribution is -0.124. The summed E-state index contributed by atoms with van der Waals surface area (Å²) in [6.45, 7) is 1.42. The number of sulfonamides is 2. The highest BCUT2D eigenvalue weighted by molar-refractivity contribution is 9.10. The third-order valence-corrected chi connectivity index (χ3v) is 12.1. The Bertz CT molecular complexity index is 1670. The molecule has 214 valence electrons. The number of carbonyl (C=O) groups is 1. The highest BCUT2D eigenvalue weighted by Gasteiger charge is 2.52. The molecule has 0 aliphatic carbocycles. The second-order valence-corrected chi connectivity index (χ2v) is 15.8. The van der Waals surface area contributed by atoms with Gasteiger partial charge in [0, 0.05) is 47.1 Å². The molecule has 2 aliphatic heterocycles. The van der Waals surface area contributed by atoms with Crippen molar-refractivity contribution < 1.29 is 21.6 Å². The number of hydrogen-bond acceptors (Lipinski definition) is 6. The third kappa shape index (κ3) is 5.19. The number of carbonyl (C=O) groups excluding carboxylic acids is 1. The molecule has 1 atom stereocenters. The normalized spacial score (nSPS) is 20.7. The van der Waals surface area contributed by atoms with Crippen molar-refractivity contribution in [3.63, 3.8) is 0 Å². The smallest absolute Gasteiger partial charge is 0.260 e. The number of rotatable bonds is 7. The van der Waals surface area contributed by atoms with Gasteiger partial charge in [-0.05, 0) is 42.8 Å².